The molecule has 2 fully saturated rings. The van der Waals surface area contributed by atoms with E-state index in [1.165, 1.54) is 25.7 Å². The van der Waals surface area contributed by atoms with Crippen LogP contribution in [0.25, 0.3) is 0 Å². The van der Waals surface area contributed by atoms with Crippen LogP contribution in [0.2, 0.25) is 0 Å². The van der Waals surface area contributed by atoms with Gasteiger partial charge in [0.25, 0.3) is 0 Å². The molecule has 0 aliphatic heterocycles. The summed E-state index contributed by atoms with van der Waals surface area (Å²) < 4.78 is 0. The number of rotatable bonds is 4. The van der Waals surface area contributed by atoms with Crippen molar-refractivity contribution in [3.05, 3.63) is 17.8 Å². The summed E-state index contributed by atoms with van der Waals surface area (Å²) in [6.45, 7) is 1.05. The lowest BCUT2D eigenvalue weighted by atomic mass is 10.2. The minimum absolute atomic E-state index is 0.601. The molecule has 0 spiro atoms. The summed E-state index contributed by atoms with van der Waals surface area (Å²) in [6.07, 6.45) is 6.70. The van der Waals surface area contributed by atoms with E-state index >= 15 is 0 Å². The maximum Gasteiger partial charge on any atom is 0.169 e. The van der Waals surface area contributed by atoms with Gasteiger partial charge in [0.05, 0.1) is 11.8 Å². The van der Waals surface area contributed by atoms with Crippen LogP contribution in [0.1, 0.15) is 31.2 Å². The third-order valence-corrected chi connectivity index (χ3v) is 3.23. The molecule has 0 bridgehead atoms. The molecule has 0 radical (unpaired) electrons. The fourth-order valence-electron chi connectivity index (χ4n) is 2.00. The fourth-order valence-corrected chi connectivity index (χ4v) is 2.00. The number of nitriles is 1. The molecule has 82 valence electrons. The van der Waals surface area contributed by atoms with Gasteiger partial charge in [-0.15, -0.1) is 5.10 Å². The molecule has 4 nitrogen and oxygen atoms in total. The normalized spacial score (nSPS) is 19.2. The van der Waals surface area contributed by atoms with Gasteiger partial charge in [0.1, 0.15) is 6.07 Å². The lowest BCUT2D eigenvalue weighted by molar-refractivity contribution is 0.700. The predicted molar refractivity (Wildman–Crippen MR) is 59.8 cm³/mol. The minimum Gasteiger partial charge on any atom is -0.351 e. The van der Waals surface area contributed by atoms with E-state index in [4.69, 9.17) is 5.26 Å². The Morgan fingerprint density at radius 1 is 1.38 bits per heavy atom. The molecule has 0 amide bonds. The number of anilines is 1. The average Bonchev–Trinajstić information content (AvgIpc) is 3.16. The van der Waals surface area contributed by atoms with Gasteiger partial charge in [-0.3, -0.25) is 0 Å². The lowest BCUT2D eigenvalue weighted by Gasteiger charge is -2.23. The van der Waals surface area contributed by atoms with Crippen molar-refractivity contribution in [1.82, 2.24) is 10.2 Å². The van der Waals surface area contributed by atoms with Crippen LogP contribution in [0.5, 0.6) is 0 Å². The van der Waals surface area contributed by atoms with Crippen LogP contribution in [0, 0.1) is 17.2 Å². The van der Waals surface area contributed by atoms with Crippen LogP contribution < -0.4 is 4.90 Å². The molecule has 0 unspecified atom stereocenters. The van der Waals surface area contributed by atoms with Gasteiger partial charge < -0.3 is 4.90 Å². The highest BCUT2D eigenvalue weighted by atomic mass is 15.3. The second kappa shape index (κ2) is 3.75. The molecule has 2 aliphatic carbocycles. The molecule has 1 aromatic heterocycles. The molecule has 0 N–H and O–H groups in total. The summed E-state index contributed by atoms with van der Waals surface area (Å²) in [7, 11) is 0. The van der Waals surface area contributed by atoms with Crippen molar-refractivity contribution < 1.29 is 0 Å². The summed E-state index contributed by atoms with van der Waals surface area (Å²) in [5, 5.41) is 17.1. The van der Waals surface area contributed by atoms with Gasteiger partial charge >= 0.3 is 0 Å². The van der Waals surface area contributed by atoms with E-state index in [0.717, 1.165) is 18.3 Å². The molecule has 16 heavy (non-hydrogen) atoms. The van der Waals surface area contributed by atoms with Crippen molar-refractivity contribution in [2.24, 2.45) is 5.92 Å². The Hall–Kier alpha value is -1.63. The highest BCUT2D eigenvalue weighted by Gasteiger charge is 2.35. The van der Waals surface area contributed by atoms with Crippen LogP contribution in [-0.2, 0) is 0 Å². The Bertz CT molecular complexity index is 429. The Morgan fingerprint density at radius 3 is 2.81 bits per heavy atom. The predicted octanol–water partition coefficient (Wildman–Crippen LogP) is 1.73. The fraction of sp³-hybridized carbons (Fsp3) is 0.583. The zero-order valence-electron chi connectivity index (χ0n) is 9.13. The molecule has 2 aliphatic rings. The monoisotopic (exact) mass is 214 g/mol. The van der Waals surface area contributed by atoms with Crippen LogP contribution in [0.3, 0.4) is 0 Å². The van der Waals surface area contributed by atoms with E-state index in [0.29, 0.717) is 11.6 Å². The van der Waals surface area contributed by atoms with Crippen LogP contribution in [-0.4, -0.2) is 22.8 Å². The third kappa shape index (κ3) is 1.85. The van der Waals surface area contributed by atoms with Gasteiger partial charge in [0.15, 0.2) is 5.82 Å². The topological polar surface area (TPSA) is 52.8 Å². The number of nitrogens with zero attached hydrogens (tertiary/aromatic N) is 4. The number of aromatic nitrogens is 2. The molecule has 1 heterocycles. The first-order chi connectivity index (χ1) is 7.88. The Labute approximate surface area is 94.9 Å². The summed E-state index contributed by atoms with van der Waals surface area (Å²) in [4.78, 5) is 2.29. The molecule has 1 aromatic rings. The Balaban J connectivity index is 1.88. The summed E-state index contributed by atoms with van der Waals surface area (Å²) in [5.74, 6) is 1.61. The zero-order valence-corrected chi connectivity index (χ0v) is 9.13. The summed E-state index contributed by atoms with van der Waals surface area (Å²) in [6, 6.07) is 4.56. The zero-order chi connectivity index (χ0) is 11.0. The maximum absolute atomic E-state index is 9.07. The first kappa shape index (κ1) is 9.59. The molecule has 0 aromatic carbocycles. The SMILES string of the molecule is N#Cc1ccnnc1N(CC1CC1)C1CC1. The summed E-state index contributed by atoms with van der Waals surface area (Å²) in [5.41, 5.74) is 0.655. The van der Waals surface area contributed by atoms with Gasteiger partial charge in [-0.25, -0.2) is 0 Å². The molecule has 2 saturated carbocycles. The molecule has 0 saturated heterocycles. The van der Waals surface area contributed by atoms with E-state index in [1.807, 2.05) is 0 Å². The van der Waals surface area contributed by atoms with Crippen molar-refractivity contribution >= 4 is 5.82 Å². The standard InChI is InChI=1S/C12H14N4/c13-7-10-5-6-14-15-12(10)16(11-3-4-11)8-9-1-2-9/h5-6,9,11H,1-4,8H2. The Morgan fingerprint density at radius 2 is 2.19 bits per heavy atom. The van der Waals surface area contributed by atoms with Gasteiger partial charge in [0, 0.05) is 12.6 Å². The number of hydrogen-bond acceptors (Lipinski definition) is 4. The quantitative estimate of drug-likeness (QED) is 0.766. The molecular weight excluding hydrogens is 200 g/mol. The second-order valence-electron chi connectivity index (χ2n) is 4.71. The van der Waals surface area contributed by atoms with Gasteiger partial charge in [-0.1, -0.05) is 0 Å². The molecule has 0 atom stereocenters. The lowest BCUT2D eigenvalue weighted by Crippen LogP contribution is -2.29. The maximum atomic E-state index is 9.07. The Kier molecular flexibility index (Phi) is 2.24. The summed E-state index contributed by atoms with van der Waals surface area (Å²) >= 11 is 0. The number of hydrogen-bond donors (Lipinski definition) is 0. The van der Waals surface area contributed by atoms with Crippen molar-refractivity contribution in [3.8, 4) is 6.07 Å². The molecular formula is C12H14N4. The van der Waals surface area contributed by atoms with E-state index in [2.05, 4.69) is 21.2 Å². The van der Waals surface area contributed by atoms with E-state index in [-0.39, 0.29) is 0 Å². The first-order valence-electron chi connectivity index (χ1n) is 5.87. The smallest absolute Gasteiger partial charge is 0.169 e. The van der Waals surface area contributed by atoms with Crippen LogP contribution in [0.15, 0.2) is 12.3 Å². The first-order valence-corrected chi connectivity index (χ1v) is 5.87. The highest BCUT2D eigenvalue weighted by molar-refractivity contribution is 5.54. The van der Waals surface area contributed by atoms with Gasteiger partial charge in [-0.2, -0.15) is 10.4 Å². The second-order valence-corrected chi connectivity index (χ2v) is 4.71. The van der Waals surface area contributed by atoms with Crippen molar-refractivity contribution in [2.45, 2.75) is 31.7 Å². The van der Waals surface area contributed by atoms with E-state index in [9.17, 15) is 0 Å². The van der Waals surface area contributed by atoms with Gasteiger partial charge in [-0.05, 0) is 37.7 Å². The van der Waals surface area contributed by atoms with Crippen LogP contribution in [0.4, 0.5) is 5.82 Å². The molecule has 3 rings (SSSR count). The van der Waals surface area contributed by atoms with E-state index in [1.54, 1.807) is 12.3 Å². The van der Waals surface area contributed by atoms with Gasteiger partial charge in [0.2, 0.25) is 0 Å². The molecule has 4 heteroatoms. The van der Waals surface area contributed by atoms with Crippen LogP contribution >= 0.6 is 0 Å². The van der Waals surface area contributed by atoms with Crippen molar-refractivity contribution in [3.63, 3.8) is 0 Å². The van der Waals surface area contributed by atoms with Crippen molar-refractivity contribution in [2.75, 3.05) is 11.4 Å². The largest absolute Gasteiger partial charge is 0.351 e. The van der Waals surface area contributed by atoms with Crippen molar-refractivity contribution in [1.29, 1.82) is 5.26 Å². The minimum atomic E-state index is 0.601. The van der Waals surface area contributed by atoms with E-state index < -0.39 is 0 Å². The average molecular weight is 214 g/mol. The third-order valence-electron chi connectivity index (χ3n) is 3.23. The highest BCUT2D eigenvalue weighted by Crippen LogP contribution is 2.37.